The summed E-state index contributed by atoms with van der Waals surface area (Å²) in [5, 5.41) is -0.396. The first-order valence-electron chi connectivity index (χ1n) is 12.7. The van der Waals surface area contributed by atoms with Gasteiger partial charge in [0.1, 0.15) is 28.9 Å². The van der Waals surface area contributed by atoms with Crippen LogP contribution in [0, 0.1) is 0 Å². The molecule has 0 spiro atoms. The molecule has 1 heterocycles. The third-order valence-corrected chi connectivity index (χ3v) is 7.07. The van der Waals surface area contributed by atoms with Crippen LogP contribution >= 0.6 is 11.6 Å². The van der Waals surface area contributed by atoms with Gasteiger partial charge in [0, 0.05) is 37.4 Å². The van der Waals surface area contributed by atoms with Crippen LogP contribution in [-0.4, -0.2) is 51.2 Å². The number of alkyl halides is 3. The fourth-order valence-corrected chi connectivity index (χ4v) is 4.61. The van der Waals surface area contributed by atoms with Crippen LogP contribution in [0.15, 0.2) is 36.5 Å². The summed E-state index contributed by atoms with van der Waals surface area (Å²) in [6, 6.07) is 5.25. The van der Waals surface area contributed by atoms with E-state index < -0.39 is 38.3 Å². The average Bonchev–Trinajstić information content (AvgIpc) is 2.86. The second-order valence-electron chi connectivity index (χ2n) is 9.56. The van der Waals surface area contributed by atoms with E-state index in [9.17, 15) is 26.4 Å². The Morgan fingerprint density at radius 1 is 1.17 bits per heavy atom. The van der Waals surface area contributed by atoms with Crippen LogP contribution in [0.1, 0.15) is 57.6 Å². The van der Waals surface area contributed by atoms with Gasteiger partial charge in [-0.05, 0) is 44.5 Å². The zero-order valence-electron chi connectivity index (χ0n) is 23.2. The summed E-state index contributed by atoms with van der Waals surface area (Å²) in [5.74, 6) is -1.01. The van der Waals surface area contributed by atoms with E-state index in [0.717, 1.165) is 12.5 Å². The first-order valence-corrected chi connectivity index (χ1v) is 14.7. The van der Waals surface area contributed by atoms with Gasteiger partial charge in [-0.2, -0.15) is 13.2 Å². The fourth-order valence-electron chi connectivity index (χ4n) is 3.34. The number of sulfonamides is 1. The Morgan fingerprint density at radius 3 is 2.54 bits per heavy atom. The summed E-state index contributed by atoms with van der Waals surface area (Å²) in [6.07, 6.45) is 0.652. The third-order valence-electron chi connectivity index (χ3n) is 5.46. The second-order valence-corrected chi connectivity index (χ2v) is 11.8. The number of carbonyl (C=O) groups is 1. The van der Waals surface area contributed by atoms with Crippen LogP contribution in [0.5, 0.6) is 17.4 Å². The molecular formula is C27H34ClF3N2O7S. The number of hydrogen-bond acceptors (Lipinski definition) is 8. The SMILES string of the molecule is CCCCCS(=O)(=O)NC(=O)/C=C/c1ccc(OC(C)(C)CCOCOC)cc1Oc1ncc(C(F)(F)F)cc1Cl. The van der Waals surface area contributed by atoms with Gasteiger partial charge in [0.25, 0.3) is 5.91 Å². The lowest BCUT2D eigenvalue weighted by Gasteiger charge is -2.27. The highest BCUT2D eigenvalue weighted by molar-refractivity contribution is 7.90. The summed E-state index contributed by atoms with van der Waals surface area (Å²) >= 11 is 6.03. The Labute approximate surface area is 243 Å². The second kappa shape index (κ2) is 15.4. The van der Waals surface area contributed by atoms with Crippen LogP contribution in [0.4, 0.5) is 13.2 Å². The molecule has 1 aromatic heterocycles. The molecule has 0 aliphatic heterocycles. The molecule has 41 heavy (non-hydrogen) atoms. The van der Waals surface area contributed by atoms with E-state index in [1.807, 2.05) is 25.5 Å². The van der Waals surface area contributed by atoms with Crippen molar-refractivity contribution in [3.8, 4) is 17.4 Å². The molecule has 0 aliphatic rings. The van der Waals surface area contributed by atoms with E-state index in [2.05, 4.69) is 4.98 Å². The molecule has 0 unspecified atom stereocenters. The van der Waals surface area contributed by atoms with Crippen molar-refractivity contribution in [2.24, 2.45) is 0 Å². The van der Waals surface area contributed by atoms with Crippen LogP contribution in [0.2, 0.25) is 5.02 Å². The molecule has 0 fully saturated rings. The molecule has 0 saturated heterocycles. The van der Waals surface area contributed by atoms with E-state index in [-0.39, 0.29) is 29.7 Å². The number of rotatable bonds is 16. The molecule has 2 rings (SSSR count). The maximum absolute atomic E-state index is 13.1. The molecular weight excluding hydrogens is 589 g/mol. The number of amides is 1. The maximum atomic E-state index is 13.1. The minimum Gasteiger partial charge on any atom is -0.488 e. The van der Waals surface area contributed by atoms with Gasteiger partial charge >= 0.3 is 6.18 Å². The van der Waals surface area contributed by atoms with Gasteiger partial charge in [0.05, 0.1) is 17.9 Å². The number of methoxy groups -OCH3 is 1. The lowest BCUT2D eigenvalue weighted by Crippen LogP contribution is -2.31. The highest BCUT2D eigenvalue weighted by Gasteiger charge is 2.32. The van der Waals surface area contributed by atoms with Crippen molar-refractivity contribution in [1.29, 1.82) is 0 Å². The molecule has 1 aromatic carbocycles. The molecule has 1 N–H and O–H groups in total. The predicted molar refractivity (Wildman–Crippen MR) is 148 cm³/mol. The van der Waals surface area contributed by atoms with Crippen LogP contribution in [-0.2, 0) is 30.5 Å². The van der Waals surface area contributed by atoms with Crippen LogP contribution in [0.3, 0.4) is 0 Å². The van der Waals surface area contributed by atoms with E-state index >= 15 is 0 Å². The topological polar surface area (TPSA) is 113 Å². The molecule has 0 bridgehead atoms. The van der Waals surface area contributed by atoms with Gasteiger partial charge in [-0.3, -0.25) is 4.79 Å². The van der Waals surface area contributed by atoms with Gasteiger partial charge in [-0.15, -0.1) is 0 Å². The van der Waals surface area contributed by atoms with E-state index in [4.69, 9.17) is 30.5 Å². The molecule has 0 radical (unpaired) electrons. The fraction of sp³-hybridized carbons (Fsp3) is 0.481. The minimum absolute atomic E-state index is 0.0398. The number of carbonyl (C=O) groups excluding carboxylic acids is 1. The van der Waals surface area contributed by atoms with Crippen molar-refractivity contribution in [2.45, 2.75) is 58.2 Å². The largest absolute Gasteiger partial charge is 0.488 e. The van der Waals surface area contributed by atoms with Crippen molar-refractivity contribution in [2.75, 3.05) is 26.3 Å². The number of aromatic nitrogens is 1. The first kappa shape index (κ1) is 34.3. The molecule has 0 atom stereocenters. The number of ether oxygens (including phenoxy) is 4. The number of nitrogens with one attached hydrogen (secondary N) is 1. The smallest absolute Gasteiger partial charge is 0.417 e. The first-order chi connectivity index (χ1) is 19.2. The number of unbranched alkanes of at least 4 members (excludes halogenated alkanes) is 2. The van der Waals surface area contributed by atoms with Crippen LogP contribution < -0.4 is 14.2 Å². The van der Waals surface area contributed by atoms with Gasteiger partial charge in [0.15, 0.2) is 0 Å². The summed E-state index contributed by atoms with van der Waals surface area (Å²) in [5.41, 5.74) is -1.48. The number of benzene rings is 1. The Hall–Kier alpha value is -2.87. The van der Waals surface area contributed by atoms with Crippen LogP contribution in [0.25, 0.3) is 6.08 Å². The van der Waals surface area contributed by atoms with Gasteiger partial charge in [0.2, 0.25) is 15.9 Å². The Kier molecular flexibility index (Phi) is 12.9. The van der Waals surface area contributed by atoms with Gasteiger partial charge in [-0.1, -0.05) is 31.4 Å². The Bertz CT molecular complexity index is 1300. The number of pyridine rings is 1. The Balaban J connectivity index is 2.33. The zero-order chi connectivity index (χ0) is 30.7. The normalized spacial score (nSPS) is 12.5. The quantitative estimate of drug-likeness (QED) is 0.131. The average molecular weight is 623 g/mol. The molecule has 14 heteroatoms. The molecule has 0 aliphatic carbocycles. The Morgan fingerprint density at radius 2 is 1.90 bits per heavy atom. The predicted octanol–water partition coefficient (Wildman–Crippen LogP) is 6.36. The number of halogens is 4. The van der Waals surface area contributed by atoms with Crippen molar-refractivity contribution in [3.63, 3.8) is 0 Å². The molecule has 0 saturated carbocycles. The summed E-state index contributed by atoms with van der Waals surface area (Å²) in [7, 11) is -2.31. The lowest BCUT2D eigenvalue weighted by molar-refractivity contribution is -0.137. The lowest BCUT2D eigenvalue weighted by atomic mass is 10.1. The minimum atomic E-state index is -4.65. The summed E-state index contributed by atoms with van der Waals surface area (Å²) in [4.78, 5) is 16.0. The van der Waals surface area contributed by atoms with Gasteiger partial charge in [-0.25, -0.2) is 18.1 Å². The van der Waals surface area contributed by atoms with E-state index in [1.54, 1.807) is 6.07 Å². The maximum Gasteiger partial charge on any atom is 0.417 e. The molecule has 2 aromatic rings. The monoisotopic (exact) mass is 622 g/mol. The standard InChI is InChI=1S/C27H34ClF3N2O7S/c1-5-6-7-14-41(35,36)33-24(34)11-9-19-8-10-21(40-26(2,3)12-13-38-18-37-4)16-23(19)39-25-22(28)15-20(17-32-25)27(29,30)31/h8-11,15-17H,5-7,12-14,18H2,1-4H3,(H,33,34)/b11-9+. The zero-order valence-corrected chi connectivity index (χ0v) is 24.8. The van der Waals surface area contributed by atoms with E-state index in [0.29, 0.717) is 43.9 Å². The molecule has 228 valence electrons. The molecule has 9 nitrogen and oxygen atoms in total. The highest BCUT2D eigenvalue weighted by atomic mass is 35.5. The third kappa shape index (κ3) is 12.3. The highest BCUT2D eigenvalue weighted by Crippen LogP contribution is 2.37. The van der Waals surface area contributed by atoms with Crippen molar-refractivity contribution in [1.82, 2.24) is 9.71 Å². The number of nitrogens with zero attached hydrogens (tertiary/aromatic N) is 1. The summed E-state index contributed by atoms with van der Waals surface area (Å²) in [6.45, 7) is 6.07. The summed E-state index contributed by atoms with van der Waals surface area (Å²) < 4.78 is 87.4. The van der Waals surface area contributed by atoms with E-state index in [1.165, 1.54) is 25.3 Å². The molecule has 1 amide bonds. The van der Waals surface area contributed by atoms with Gasteiger partial charge < -0.3 is 18.9 Å². The van der Waals surface area contributed by atoms with Crippen molar-refractivity contribution >= 4 is 33.6 Å². The van der Waals surface area contributed by atoms with Crippen molar-refractivity contribution in [3.05, 3.63) is 52.7 Å². The number of hydrogen-bond donors (Lipinski definition) is 1. The van der Waals surface area contributed by atoms with Crippen molar-refractivity contribution < 1.29 is 45.3 Å².